The molecule has 0 aliphatic carbocycles. The monoisotopic (exact) mass is 641 g/mol. The number of rotatable bonds is 11. The number of nitrogens with one attached hydrogen (secondary N) is 2. The van der Waals surface area contributed by atoms with E-state index in [1.807, 2.05) is 78.9 Å². The van der Waals surface area contributed by atoms with Gasteiger partial charge in [0.05, 0.1) is 33.3 Å². The van der Waals surface area contributed by atoms with Crippen molar-refractivity contribution in [2.24, 2.45) is 5.92 Å². The Morgan fingerprint density at radius 3 is 2.17 bits per heavy atom. The quantitative estimate of drug-likeness (QED) is 0.184. The van der Waals surface area contributed by atoms with Gasteiger partial charge >= 0.3 is 0 Å². The molecule has 2 aromatic heterocycles. The molecule has 1 aliphatic heterocycles. The van der Waals surface area contributed by atoms with Crippen molar-refractivity contribution in [3.8, 4) is 11.5 Å². The summed E-state index contributed by atoms with van der Waals surface area (Å²) in [4.78, 5) is 36.0. The molecule has 3 heterocycles. The van der Waals surface area contributed by atoms with Crippen LogP contribution in [0, 0.1) is 5.92 Å². The van der Waals surface area contributed by atoms with Crippen LogP contribution >= 0.6 is 0 Å². The minimum atomic E-state index is -1.45. The lowest BCUT2D eigenvalue weighted by atomic mass is 9.80. The van der Waals surface area contributed by atoms with Gasteiger partial charge in [-0.15, -0.1) is 0 Å². The molecular formula is C35H36FN5O6. The molecule has 0 spiro atoms. The molecule has 11 nitrogen and oxygen atoms in total. The molecule has 47 heavy (non-hydrogen) atoms. The number of aromatic amines is 1. The Labute approximate surface area is 270 Å². The van der Waals surface area contributed by atoms with Gasteiger partial charge in [0.2, 0.25) is 11.9 Å². The average molecular weight is 642 g/mol. The number of H-pyrrole nitrogens is 1. The van der Waals surface area contributed by atoms with Crippen molar-refractivity contribution in [1.82, 2.24) is 19.5 Å². The predicted molar refractivity (Wildman–Crippen MR) is 173 cm³/mol. The molecule has 0 radical (unpaired) electrons. The van der Waals surface area contributed by atoms with Gasteiger partial charge in [0.1, 0.15) is 23.3 Å². The molecule has 3 aromatic carbocycles. The zero-order valence-corrected chi connectivity index (χ0v) is 26.5. The van der Waals surface area contributed by atoms with Gasteiger partial charge in [0, 0.05) is 12.3 Å². The third-order valence-electron chi connectivity index (χ3n) is 8.26. The van der Waals surface area contributed by atoms with Crippen molar-refractivity contribution in [3.05, 3.63) is 112 Å². The lowest BCUT2D eigenvalue weighted by molar-refractivity contribution is -0.118. The Morgan fingerprint density at radius 1 is 1.00 bits per heavy atom. The highest BCUT2D eigenvalue weighted by molar-refractivity contribution is 5.91. The number of nitrogens with zero attached hydrogens (tertiary/aromatic N) is 3. The molecule has 1 saturated heterocycles. The summed E-state index contributed by atoms with van der Waals surface area (Å²) in [5.74, 6) is 0.669. The summed E-state index contributed by atoms with van der Waals surface area (Å²) in [6, 6.07) is 25.1. The predicted octanol–water partition coefficient (Wildman–Crippen LogP) is 5.37. The van der Waals surface area contributed by atoms with Gasteiger partial charge in [-0.25, -0.2) is 9.37 Å². The Kier molecular flexibility index (Phi) is 9.06. The number of hydrogen-bond donors (Lipinski definition) is 2. The summed E-state index contributed by atoms with van der Waals surface area (Å²) in [7, 11) is 3.22. The summed E-state index contributed by atoms with van der Waals surface area (Å²) < 4.78 is 41.2. The van der Waals surface area contributed by atoms with Crippen LogP contribution in [0.4, 0.5) is 10.3 Å². The normalized spacial score (nSPS) is 18.0. The zero-order valence-electron chi connectivity index (χ0n) is 26.5. The number of amides is 1. The van der Waals surface area contributed by atoms with E-state index in [1.54, 1.807) is 28.1 Å². The number of methoxy groups -OCH3 is 2. The van der Waals surface area contributed by atoms with Crippen molar-refractivity contribution in [1.29, 1.82) is 0 Å². The summed E-state index contributed by atoms with van der Waals surface area (Å²) in [6.07, 6.45) is -1.88. The number of fused-ring (bicyclic) bond motifs is 1. The Hall–Kier alpha value is -5.07. The maximum absolute atomic E-state index is 15.8. The molecule has 1 fully saturated rings. The molecule has 0 bridgehead atoms. The van der Waals surface area contributed by atoms with Crippen LogP contribution in [0.3, 0.4) is 0 Å². The minimum absolute atomic E-state index is 0.00477. The standard InChI is InChI=1S/C35H36FN5O6/c1-21(2)31(42)39-34-38-30-29(32(43)40-34)37-20-41(30)33-28(36)18-27(47-33)19-46-35(22-8-6-5-7-9-22,23-10-14-25(44-3)15-11-23)24-12-16-26(45-4)17-13-24/h5-17,20-21,27-28,33H,18-19H2,1-4H3,(H2,38,39,40,42,43)/t27-,28-,33-/m1/s1. The smallest absolute Gasteiger partial charge is 0.280 e. The molecule has 12 heteroatoms. The zero-order chi connectivity index (χ0) is 33.1. The Balaban J connectivity index is 1.33. The van der Waals surface area contributed by atoms with E-state index in [4.69, 9.17) is 18.9 Å². The molecule has 244 valence electrons. The van der Waals surface area contributed by atoms with Gasteiger partial charge in [0.15, 0.2) is 17.4 Å². The lowest BCUT2D eigenvalue weighted by Gasteiger charge is -2.37. The molecule has 0 saturated carbocycles. The van der Waals surface area contributed by atoms with E-state index >= 15 is 4.39 Å². The highest BCUT2D eigenvalue weighted by Crippen LogP contribution is 2.43. The first-order valence-electron chi connectivity index (χ1n) is 15.3. The number of carbonyl (C=O) groups excluding carboxylic acids is 1. The van der Waals surface area contributed by atoms with Crippen LogP contribution in [0.1, 0.15) is 43.2 Å². The highest BCUT2D eigenvalue weighted by Gasteiger charge is 2.42. The Morgan fingerprint density at radius 2 is 1.60 bits per heavy atom. The number of benzene rings is 3. The fourth-order valence-corrected chi connectivity index (χ4v) is 5.78. The van der Waals surface area contributed by atoms with Crippen LogP contribution in [-0.2, 0) is 19.9 Å². The largest absolute Gasteiger partial charge is 0.497 e. The van der Waals surface area contributed by atoms with Crippen LogP contribution in [0.2, 0.25) is 0 Å². The maximum atomic E-state index is 15.8. The van der Waals surface area contributed by atoms with Crippen molar-refractivity contribution < 1.29 is 28.1 Å². The van der Waals surface area contributed by atoms with E-state index < -0.39 is 29.7 Å². The topological polar surface area (TPSA) is 130 Å². The van der Waals surface area contributed by atoms with E-state index in [1.165, 1.54) is 10.9 Å². The van der Waals surface area contributed by atoms with E-state index in [0.29, 0.717) is 11.5 Å². The second-order valence-electron chi connectivity index (χ2n) is 11.6. The molecule has 1 amide bonds. The van der Waals surface area contributed by atoms with Crippen molar-refractivity contribution in [2.45, 2.75) is 44.4 Å². The van der Waals surface area contributed by atoms with Gasteiger partial charge in [-0.3, -0.25) is 24.5 Å². The summed E-state index contributed by atoms with van der Waals surface area (Å²) in [6.45, 7) is 3.46. The second-order valence-corrected chi connectivity index (χ2v) is 11.6. The van der Waals surface area contributed by atoms with E-state index in [2.05, 4.69) is 20.3 Å². The third-order valence-corrected chi connectivity index (χ3v) is 8.26. The molecule has 6 rings (SSSR count). The van der Waals surface area contributed by atoms with Gasteiger partial charge < -0.3 is 18.9 Å². The van der Waals surface area contributed by atoms with Crippen LogP contribution < -0.4 is 20.3 Å². The van der Waals surface area contributed by atoms with Gasteiger partial charge in [0.25, 0.3) is 5.56 Å². The first-order valence-corrected chi connectivity index (χ1v) is 15.3. The summed E-state index contributed by atoms with van der Waals surface area (Å²) in [5.41, 5.74) is 0.964. The second kappa shape index (κ2) is 13.3. The number of aromatic nitrogens is 4. The van der Waals surface area contributed by atoms with Crippen molar-refractivity contribution in [3.63, 3.8) is 0 Å². The molecule has 3 atom stereocenters. The molecule has 1 aliphatic rings. The van der Waals surface area contributed by atoms with Crippen LogP contribution in [0.25, 0.3) is 11.2 Å². The number of halogens is 1. The minimum Gasteiger partial charge on any atom is -0.497 e. The van der Waals surface area contributed by atoms with Crippen molar-refractivity contribution in [2.75, 3.05) is 26.1 Å². The van der Waals surface area contributed by atoms with Crippen LogP contribution in [-0.4, -0.2) is 58.5 Å². The SMILES string of the molecule is COc1ccc(C(OC[C@H]2C[C@@H](F)[C@H](n3cnc4c(=O)[nH]c(NC(=O)C(C)C)nc43)O2)(c2ccccc2)c2ccc(OC)cc2)cc1. The van der Waals surface area contributed by atoms with E-state index in [0.717, 1.165) is 16.7 Å². The number of carbonyl (C=O) groups is 1. The summed E-state index contributed by atoms with van der Waals surface area (Å²) >= 11 is 0. The Bertz CT molecular complexity index is 1840. The highest BCUT2D eigenvalue weighted by atomic mass is 19.1. The van der Waals surface area contributed by atoms with Gasteiger partial charge in [-0.1, -0.05) is 68.4 Å². The first-order chi connectivity index (χ1) is 22.7. The van der Waals surface area contributed by atoms with Crippen molar-refractivity contribution >= 4 is 23.0 Å². The number of imidazole rings is 1. The maximum Gasteiger partial charge on any atom is 0.280 e. The van der Waals surface area contributed by atoms with E-state index in [9.17, 15) is 9.59 Å². The lowest BCUT2D eigenvalue weighted by Crippen LogP contribution is -2.35. The average Bonchev–Trinajstić information content (AvgIpc) is 3.68. The number of alkyl halides is 1. The molecule has 2 N–H and O–H groups in total. The van der Waals surface area contributed by atoms with E-state index in [-0.39, 0.29) is 42.0 Å². The summed E-state index contributed by atoms with van der Waals surface area (Å²) in [5, 5.41) is 2.58. The number of ether oxygens (including phenoxy) is 4. The first kappa shape index (κ1) is 31.9. The fraction of sp³-hybridized carbons (Fsp3) is 0.314. The fourth-order valence-electron chi connectivity index (χ4n) is 5.78. The number of hydrogen-bond acceptors (Lipinski definition) is 8. The van der Waals surface area contributed by atoms with Crippen LogP contribution in [0.5, 0.6) is 11.5 Å². The van der Waals surface area contributed by atoms with Crippen LogP contribution in [0.15, 0.2) is 90.0 Å². The van der Waals surface area contributed by atoms with Gasteiger partial charge in [-0.2, -0.15) is 4.98 Å². The molecular weight excluding hydrogens is 605 g/mol. The third kappa shape index (κ3) is 6.21. The number of anilines is 1. The van der Waals surface area contributed by atoms with Gasteiger partial charge in [-0.05, 0) is 41.0 Å². The molecule has 0 unspecified atom stereocenters. The molecule has 5 aromatic rings.